The van der Waals surface area contributed by atoms with E-state index in [1.807, 2.05) is 31.2 Å². The highest BCUT2D eigenvalue weighted by Crippen LogP contribution is 2.27. The first-order valence-corrected chi connectivity index (χ1v) is 11.9. The molecule has 0 saturated heterocycles. The molecule has 0 aliphatic carbocycles. The molecule has 0 aromatic heterocycles. The Labute approximate surface area is 213 Å². The van der Waals surface area contributed by atoms with Crippen LogP contribution in [0.4, 0.5) is 4.39 Å². The first-order valence-electron chi connectivity index (χ1n) is 11.9. The average molecular weight is 504 g/mol. The Morgan fingerprint density at radius 2 is 1.59 bits per heavy atom. The van der Waals surface area contributed by atoms with Crippen LogP contribution in [0.3, 0.4) is 0 Å². The predicted molar refractivity (Wildman–Crippen MR) is 133 cm³/mol. The van der Waals surface area contributed by atoms with Crippen LogP contribution in [0.2, 0.25) is 0 Å². The van der Waals surface area contributed by atoms with E-state index in [0.717, 1.165) is 16.0 Å². The highest BCUT2D eigenvalue weighted by Gasteiger charge is 2.37. The quantitative estimate of drug-likeness (QED) is 0.302. The van der Waals surface area contributed by atoms with Gasteiger partial charge in [-0.3, -0.25) is 24.1 Å². The average Bonchev–Trinajstić information content (AvgIpc) is 3.13. The van der Waals surface area contributed by atoms with E-state index < -0.39 is 35.6 Å². The fourth-order valence-corrected chi connectivity index (χ4v) is 4.59. The third-order valence-electron chi connectivity index (χ3n) is 6.67. The molecule has 37 heavy (non-hydrogen) atoms. The topological polar surface area (TPSA) is 101 Å². The number of halogens is 1. The lowest BCUT2D eigenvalue weighted by Crippen LogP contribution is -2.37. The Morgan fingerprint density at radius 1 is 0.973 bits per heavy atom. The summed E-state index contributed by atoms with van der Waals surface area (Å²) in [4.78, 5) is 49.4. The lowest BCUT2D eigenvalue weighted by molar-refractivity contribution is -0.151. The lowest BCUT2D eigenvalue weighted by Gasteiger charge is -2.24. The van der Waals surface area contributed by atoms with Gasteiger partial charge in [0.05, 0.1) is 17.0 Å². The summed E-state index contributed by atoms with van der Waals surface area (Å²) in [5.74, 6) is -3.86. The summed E-state index contributed by atoms with van der Waals surface area (Å²) >= 11 is 0. The molecule has 4 rings (SSSR count). The number of aryl methyl sites for hydroxylation is 2. The monoisotopic (exact) mass is 503 g/mol. The molecule has 0 spiro atoms. The van der Waals surface area contributed by atoms with Crippen LogP contribution in [0.5, 0.6) is 0 Å². The smallest absolute Gasteiger partial charge is 0.310 e. The van der Waals surface area contributed by atoms with E-state index in [1.54, 1.807) is 36.4 Å². The summed E-state index contributed by atoms with van der Waals surface area (Å²) in [7, 11) is 0. The number of rotatable bonds is 11. The first kappa shape index (κ1) is 25.8. The molecule has 0 fully saturated rings. The lowest BCUT2D eigenvalue weighted by atomic mass is 9.92. The third-order valence-corrected chi connectivity index (χ3v) is 6.67. The molecule has 0 saturated carbocycles. The van der Waals surface area contributed by atoms with Crippen LogP contribution < -0.4 is 0 Å². The molecule has 1 heterocycles. The molecule has 2 atom stereocenters. The van der Waals surface area contributed by atoms with Gasteiger partial charge in [0.2, 0.25) is 0 Å². The van der Waals surface area contributed by atoms with Gasteiger partial charge in [0, 0.05) is 6.54 Å². The summed E-state index contributed by atoms with van der Waals surface area (Å²) in [6, 6.07) is 18.9. The van der Waals surface area contributed by atoms with Crippen molar-refractivity contribution in [3.63, 3.8) is 0 Å². The zero-order valence-corrected chi connectivity index (χ0v) is 20.2. The van der Waals surface area contributed by atoms with Crippen LogP contribution in [-0.2, 0) is 20.7 Å². The molecular formula is C29H26FNO6. The molecule has 190 valence electrons. The number of carboxylic acid groups (broad SMARTS) is 1. The summed E-state index contributed by atoms with van der Waals surface area (Å²) in [5.41, 5.74) is 3.58. The van der Waals surface area contributed by atoms with Crippen molar-refractivity contribution >= 4 is 24.3 Å². The van der Waals surface area contributed by atoms with E-state index in [0.29, 0.717) is 11.1 Å². The van der Waals surface area contributed by atoms with E-state index in [2.05, 4.69) is 0 Å². The molecule has 1 aliphatic heterocycles. The van der Waals surface area contributed by atoms with Crippen molar-refractivity contribution in [2.75, 3.05) is 6.54 Å². The molecule has 2 amide bonds. The minimum atomic E-state index is -1.24. The number of carbonyl (C=O) groups is 4. The maximum Gasteiger partial charge on any atom is 0.310 e. The van der Waals surface area contributed by atoms with Crippen molar-refractivity contribution in [1.29, 1.82) is 0 Å². The molecule has 1 aliphatic rings. The molecular weight excluding hydrogens is 477 g/mol. The molecule has 1 N–H and O–H groups in total. The van der Waals surface area contributed by atoms with Crippen molar-refractivity contribution < 1.29 is 33.4 Å². The number of carbonyl (C=O) groups excluding carboxylic acids is 3. The van der Waals surface area contributed by atoms with Gasteiger partial charge in [-0.2, -0.15) is 0 Å². The fraction of sp³-hybridized carbons (Fsp3) is 0.241. The predicted octanol–water partition coefficient (Wildman–Crippen LogP) is 4.66. The highest BCUT2D eigenvalue weighted by atomic mass is 19.1. The van der Waals surface area contributed by atoms with Crippen molar-refractivity contribution in [3.8, 4) is 11.1 Å². The molecule has 3 aromatic carbocycles. The summed E-state index contributed by atoms with van der Waals surface area (Å²) < 4.78 is 20.0. The van der Waals surface area contributed by atoms with Crippen LogP contribution in [0, 0.1) is 18.7 Å². The molecule has 0 radical (unpaired) electrons. The van der Waals surface area contributed by atoms with E-state index in [9.17, 15) is 28.7 Å². The third kappa shape index (κ3) is 5.58. The van der Waals surface area contributed by atoms with Crippen LogP contribution in [0.15, 0.2) is 66.7 Å². The Balaban J connectivity index is 1.44. The van der Waals surface area contributed by atoms with E-state index in [-0.39, 0.29) is 43.4 Å². The maximum absolute atomic E-state index is 14.9. The zero-order valence-electron chi connectivity index (χ0n) is 20.2. The Kier molecular flexibility index (Phi) is 7.77. The van der Waals surface area contributed by atoms with Gasteiger partial charge in [0.15, 0.2) is 0 Å². The normalized spacial score (nSPS) is 14.3. The Bertz CT molecular complexity index is 1300. The molecule has 0 unspecified atom stereocenters. The van der Waals surface area contributed by atoms with Crippen LogP contribution in [-0.4, -0.2) is 46.9 Å². The number of ether oxygens (including phenoxy) is 1. The van der Waals surface area contributed by atoms with Crippen LogP contribution in [0.1, 0.15) is 44.7 Å². The fourth-order valence-electron chi connectivity index (χ4n) is 4.59. The van der Waals surface area contributed by atoms with Gasteiger partial charge < -0.3 is 9.84 Å². The van der Waals surface area contributed by atoms with Gasteiger partial charge in [0.25, 0.3) is 18.3 Å². The Hall–Kier alpha value is -4.33. The number of carboxylic acids is 1. The number of aliphatic carboxylic acids is 1. The second-order valence-corrected chi connectivity index (χ2v) is 9.02. The minimum Gasteiger partial charge on any atom is -0.481 e. The van der Waals surface area contributed by atoms with Crippen LogP contribution in [0.25, 0.3) is 11.1 Å². The number of amides is 2. The number of hydrogen-bond donors (Lipinski definition) is 1. The van der Waals surface area contributed by atoms with E-state index in [1.165, 1.54) is 6.07 Å². The number of nitrogens with zero attached hydrogens (tertiary/aromatic N) is 1. The second kappa shape index (κ2) is 11.2. The van der Waals surface area contributed by atoms with Gasteiger partial charge in [-0.05, 0) is 61.1 Å². The van der Waals surface area contributed by atoms with Crippen molar-refractivity contribution in [3.05, 3.63) is 94.8 Å². The van der Waals surface area contributed by atoms with Crippen LogP contribution >= 0.6 is 0 Å². The molecule has 3 aromatic rings. The minimum absolute atomic E-state index is 0.0542. The van der Waals surface area contributed by atoms with E-state index >= 15 is 0 Å². The first-order chi connectivity index (χ1) is 17.8. The number of hydrogen-bond acceptors (Lipinski definition) is 5. The van der Waals surface area contributed by atoms with Gasteiger partial charge >= 0.3 is 5.97 Å². The number of fused-ring (bicyclic) bond motifs is 1. The van der Waals surface area contributed by atoms with Gasteiger partial charge in [-0.15, -0.1) is 0 Å². The standard InChI is InChI=1S/C29H26FNO6/c1-18-6-8-19(9-7-18)21-11-10-20(25(30)16-21)12-13-26(37-17-32)24(29(35)36)14-15-31-27(33)22-4-2-3-5-23(22)28(31)34/h2-11,16-17,24,26H,12-15H2,1H3,(H,35,36)/t24-,26+/m1/s1. The molecule has 7 nitrogen and oxygen atoms in total. The van der Waals surface area contributed by atoms with E-state index in [4.69, 9.17) is 4.74 Å². The summed E-state index contributed by atoms with van der Waals surface area (Å²) in [6.07, 6.45) is -0.997. The summed E-state index contributed by atoms with van der Waals surface area (Å²) in [5, 5.41) is 9.82. The summed E-state index contributed by atoms with van der Waals surface area (Å²) in [6.45, 7) is 1.98. The van der Waals surface area contributed by atoms with Crippen molar-refractivity contribution in [1.82, 2.24) is 4.90 Å². The van der Waals surface area contributed by atoms with Gasteiger partial charge in [0.1, 0.15) is 11.9 Å². The maximum atomic E-state index is 14.9. The zero-order chi connectivity index (χ0) is 26.5. The molecule has 8 heteroatoms. The van der Waals surface area contributed by atoms with Crippen molar-refractivity contribution in [2.24, 2.45) is 5.92 Å². The second-order valence-electron chi connectivity index (χ2n) is 9.02. The largest absolute Gasteiger partial charge is 0.481 e. The Morgan fingerprint density at radius 3 is 2.16 bits per heavy atom. The number of benzene rings is 3. The molecule has 0 bridgehead atoms. The van der Waals surface area contributed by atoms with Crippen molar-refractivity contribution in [2.45, 2.75) is 32.3 Å². The highest BCUT2D eigenvalue weighted by molar-refractivity contribution is 6.21. The SMILES string of the molecule is Cc1ccc(-c2ccc(CC[C@H](OC=O)[C@@H](CCN3C(=O)c4ccccc4C3=O)C(=O)O)c(F)c2)cc1. The van der Waals surface area contributed by atoms with Gasteiger partial charge in [-0.1, -0.05) is 54.1 Å². The number of imide groups is 1. The van der Waals surface area contributed by atoms with Gasteiger partial charge in [-0.25, -0.2) is 4.39 Å².